The molecule has 1 amide bonds. The maximum Gasteiger partial charge on any atom is 0.433 e. The molecule has 1 aliphatic heterocycles. The number of carbonyl (C=O) groups excluding carboxylic acids is 1. The molecule has 0 spiro atoms. The van der Waals surface area contributed by atoms with Crippen LogP contribution in [-0.4, -0.2) is 40.6 Å². The first kappa shape index (κ1) is 20.1. The molecule has 1 fully saturated rings. The van der Waals surface area contributed by atoms with E-state index in [4.69, 9.17) is 9.47 Å². The Hall–Kier alpha value is -3.14. The number of imidazole rings is 1. The minimum atomic E-state index is -4.60. The highest BCUT2D eigenvalue weighted by atomic mass is 19.4. The van der Waals surface area contributed by atoms with Crippen molar-refractivity contribution in [1.82, 2.24) is 14.4 Å². The van der Waals surface area contributed by atoms with E-state index in [0.29, 0.717) is 23.9 Å². The van der Waals surface area contributed by atoms with Crippen LogP contribution in [0, 0.1) is 5.92 Å². The van der Waals surface area contributed by atoms with Gasteiger partial charge in [0.05, 0.1) is 18.4 Å². The normalized spacial score (nSPS) is 16.7. The molecule has 1 saturated heterocycles. The number of alkyl halides is 3. The molecule has 4 rings (SSSR count). The number of rotatable bonds is 5. The van der Waals surface area contributed by atoms with Crippen LogP contribution in [0.1, 0.15) is 28.2 Å². The van der Waals surface area contributed by atoms with Crippen molar-refractivity contribution in [2.45, 2.75) is 19.0 Å². The molecule has 30 heavy (non-hydrogen) atoms. The van der Waals surface area contributed by atoms with Crippen LogP contribution in [0.25, 0.3) is 5.65 Å². The second-order valence-electron chi connectivity index (χ2n) is 7.05. The lowest BCUT2D eigenvalue weighted by Gasteiger charge is -2.10. The molecule has 158 valence electrons. The lowest BCUT2D eigenvalue weighted by molar-refractivity contribution is -0.141. The summed E-state index contributed by atoms with van der Waals surface area (Å²) >= 11 is 0. The Morgan fingerprint density at radius 2 is 2.17 bits per heavy atom. The molecule has 0 radical (unpaired) electrons. The summed E-state index contributed by atoms with van der Waals surface area (Å²) in [5, 5.41) is 2.40. The number of carbonyl (C=O) groups is 1. The maximum absolute atomic E-state index is 12.8. The second-order valence-corrected chi connectivity index (χ2v) is 7.05. The number of hydrogen-bond acceptors (Lipinski definition) is 5. The topological polar surface area (TPSA) is 77.8 Å². The molecule has 3 aromatic rings. The van der Waals surface area contributed by atoms with Gasteiger partial charge >= 0.3 is 6.18 Å². The van der Waals surface area contributed by atoms with E-state index in [0.717, 1.165) is 31.2 Å². The summed E-state index contributed by atoms with van der Waals surface area (Å²) in [6, 6.07) is 4.81. The van der Waals surface area contributed by atoms with Crippen molar-refractivity contribution in [3.05, 3.63) is 53.6 Å². The average molecular weight is 420 g/mol. The van der Waals surface area contributed by atoms with E-state index in [1.165, 1.54) is 25.3 Å². The number of methoxy groups -OCH3 is 1. The summed E-state index contributed by atoms with van der Waals surface area (Å²) in [4.78, 5) is 20.7. The largest absolute Gasteiger partial charge is 0.493 e. The molecule has 1 N–H and O–H groups in total. The van der Waals surface area contributed by atoms with E-state index in [1.807, 2.05) is 6.20 Å². The third-order valence-corrected chi connectivity index (χ3v) is 4.85. The number of fused-ring (bicyclic) bond motifs is 1. The third kappa shape index (κ3) is 4.23. The zero-order valence-corrected chi connectivity index (χ0v) is 16.1. The molecular formula is C20H19F3N4O3. The summed E-state index contributed by atoms with van der Waals surface area (Å²) in [5.41, 5.74) is 0.524. The molecule has 0 saturated carbocycles. The van der Waals surface area contributed by atoms with Crippen molar-refractivity contribution in [2.75, 3.05) is 25.6 Å². The van der Waals surface area contributed by atoms with Gasteiger partial charge in [-0.15, -0.1) is 0 Å². The highest BCUT2D eigenvalue weighted by molar-refractivity contribution is 6.04. The van der Waals surface area contributed by atoms with Crippen LogP contribution in [-0.2, 0) is 17.3 Å². The predicted octanol–water partition coefficient (Wildman–Crippen LogP) is 3.59. The first-order valence-corrected chi connectivity index (χ1v) is 9.32. The molecule has 4 heterocycles. The SMILES string of the molecule is COc1cc(C(=O)Nc2cccc(C(F)(F)F)n2)cn2cc(CC3CCOC3)nc12. The number of hydrogen-bond donors (Lipinski definition) is 1. The number of anilines is 1. The first-order chi connectivity index (χ1) is 14.3. The van der Waals surface area contributed by atoms with Crippen molar-refractivity contribution in [2.24, 2.45) is 5.92 Å². The zero-order valence-electron chi connectivity index (χ0n) is 16.1. The molecule has 3 aromatic heterocycles. The van der Waals surface area contributed by atoms with Crippen LogP contribution in [0.15, 0.2) is 36.7 Å². The fraction of sp³-hybridized carbons (Fsp3) is 0.350. The van der Waals surface area contributed by atoms with Crippen molar-refractivity contribution in [3.63, 3.8) is 0 Å². The summed E-state index contributed by atoms with van der Waals surface area (Å²) in [6.45, 7) is 1.44. The second kappa shape index (κ2) is 7.94. The number of pyridine rings is 2. The standard InChI is InChI=1S/C20H19F3N4O3/c1-29-15-8-13(19(28)26-17-4-2-3-16(25-17)20(21,22)23)9-27-10-14(24-18(15)27)7-12-5-6-30-11-12/h2-4,8-10,12H,5-7,11H2,1H3,(H,25,26,28). The Balaban J connectivity index is 1.59. The van der Waals surface area contributed by atoms with E-state index in [9.17, 15) is 18.0 Å². The molecule has 7 nitrogen and oxygen atoms in total. The van der Waals surface area contributed by atoms with Crippen molar-refractivity contribution in [1.29, 1.82) is 0 Å². The monoisotopic (exact) mass is 420 g/mol. The fourth-order valence-electron chi connectivity index (χ4n) is 3.38. The Morgan fingerprint density at radius 3 is 2.87 bits per heavy atom. The van der Waals surface area contributed by atoms with Crippen LogP contribution >= 0.6 is 0 Å². The van der Waals surface area contributed by atoms with E-state index >= 15 is 0 Å². The molecule has 0 aromatic carbocycles. The highest BCUT2D eigenvalue weighted by Gasteiger charge is 2.32. The molecule has 1 aliphatic rings. The minimum absolute atomic E-state index is 0.193. The van der Waals surface area contributed by atoms with Crippen molar-refractivity contribution >= 4 is 17.4 Å². The molecule has 0 bridgehead atoms. The fourth-order valence-corrected chi connectivity index (χ4v) is 3.38. The van der Waals surface area contributed by atoms with Gasteiger partial charge in [-0.3, -0.25) is 4.79 Å². The van der Waals surface area contributed by atoms with Gasteiger partial charge in [-0.25, -0.2) is 9.97 Å². The van der Waals surface area contributed by atoms with Gasteiger partial charge < -0.3 is 19.2 Å². The maximum atomic E-state index is 12.8. The van der Waals surface area contributed by atoms with Gasteiger partial charge in [0.1, 0.15) is 11.5 Å². The van der Waals surface area contributed by atoms with Gasteiger partial charge in [-0.05, 0) is 37.0 Å². The van der Waals surface area contributed by atoms with Crippen LogP contribution in [0.2, 0.25) is 0 Å². The van der Waals surface area contributed by atoms with Gasteiger partial charge in [0, 0.05) is 25.6 Å². The van der Waals surface area contributed by atoms with Crippen LogP contribution in [0.4, 0.5) is 19.0 Å². The van der Waals surface area contributed by atoms with Crippen LogP contribution in [0.5, 0.6) is 5.75 Å². The Bertz CT molecular complexity index is 1070. The van der Waals surface area contributed by atoms with Gasteiger partial charge in [0.2, 0.25) is 0 Å². The lowest BCUT2D eigenvalue weighted by Crippen LogP contribution is -2.16. The van der Waals surface area contributed by atoms with E-state index in [-0.39, 0.29) is 11.4 Å². The smallest absolute Gasteiger partial charge is 0.433 e. The Kier molecular flexibility index (Phi) is 5.33. The van der Waals surface area contributed by atoms with Crippen molar-refractivity contribution < 1.29 is 27.4 Å². The van der Waals surface area contributed by atoms with Gasteiger partial charge in [-0.2, -0.15) is 13.2 Å². The predicted molar refractivity (Wildman–Crippen MR) is 102 cm³/mol. The Labute approximate surface area is 169 Å². The molecule has 1 atom stereocenters. The third-order valence-electron chi connectivity index (χ3n) is 4.85. The number of amides is 1. The number of nitrogens with zero attached hydrogens (tertiary/aromatic N) is 3. The lowest BCUT2D eigenvalue weighted by atomic mass is 10.0. The average Bonchev–Trinajstić information content (AvgIpc) is 3.36. The number of halogens is 3. The molecule has 1 unspecified atom stereocenters. The van der Waals surface area contributed by atoms with Gasteiger partial charge in [0.25, 0.3) is 5.91 Å². The van der Waals surface area contributed by atoms with E-state index < -0.39 is 17.8 Å². The number of nitrogens with one attached hydrogen (secondary N) is 1. The summed E-state index contributed by atoms with van der Waals surface area (Å²) in [6.07, 6.45) is 0.502. The number of ether oxygens (including phenoxy) is 2. The molecule has 0 aliphatic carbocycles. The summed E-state index contributed by atoms with van der Waals surface area (Å²) in [7, 11) is 1.46. The van der Waals surface area contributed by atoms with E-state index in [1.54, 1.807) is 10.6 Å². The van der Waals surface area contributed by atoms with Gasteiger partial charge in [0.15, 0.2) is 11.4 Å². The summed E-state index contributed by atoms with van der Waals surface area (Å²) in [5.74, 6) is -0.0212. The molecular weight excluding hydrogens is 401 g/mol. The highest BCUT2D eigenvalue weighted by Crippen LogP contribution is 2.28. The van der Waals surface area contributed by atoms with E-state index in [2.05, 4.69) is 15.3 Å². The first-order valence-electron chi connectivity index (χ1n) is 9.32. The molecule has 10 heteroatoms. The summed E-state index contributed by atoms with van der Waals surface area (Å²) < 4.78 is 51.0. The van der Waals surface area contributed by atoms with Gasteiger partial charge in [-0.1, -0.05) is 6.07 Å². The minimum Gasteiger partial charge on any atom is -0.493 e. The van der Waals surface area contributed by atoms with Crippen molar-refractivity contribution in [3.8, 4) is 5.75 Å². The number of aromatic nitrogens is 3. The van der Waals surface area contributed by atoms with Crippen LogP contribution < -0.4 is 10.1 Å². The van der Waals surface area contributed by atoms with Crippen LogP contribution in [0.3, 0.4) is 0 Å². The Morgan fingerprint density at radius 1 is 1.33 bits per heavy atom. The quantitative estimate of drug-likeness (QED) is 0.683. The zero-order chi connectivity index (χ0) is 21.3.